The van der Waals surface area contributed by atoms with Crippen molar-refractivity contribution in [3.63, 3.8) is 0 Å². The summed E-state index contributed by atoms with van der Waals surface area (Å²) >= 11 is 6.04. The summed E-state index contributed by atoms with van der Waals surface area (Å²) in [4.78, 5) is 29.7. The Morgan fingerprint density at radius 1 is 0.968 bits per heavy atom. The molecule has 1 heterocycles. The van der Waals surface area contributed by atoms with Gasteiger partial charge in [-0.25, -0.2) is 9.78 Å². The van der Waals surface area contributed by atoms with E-state index in [9.17, 15) is 9.59 Å². The smallest absolute Gasteiger partial charge is 0.292 e. The largest absolute Gasteiger partial charge is 0.327 e. The second-order valence-corrected chi connectivity index (χ2v) is 7.81. The highest BCUT2D eigenvalue weighted by atomic mass is 35.5. The molecule has 0 unspecified atom stereocenters. The number of carbonyl (C=O) groups excluding carboxylic acids is 2. The van der Waals surface area contributed by atoms with Crippen molar-refractivity contribution in [1.82, 2.24) is 10.3 Å². The maximum absolute atomic E-state index is 12.6. The highest BCUT2D eigenvalue weighted by Crippen LogP contribution is 2.30. The molecule has 0 atom stereocenters. The zero-order valence-corrected chi connectivity index (χ0v) is 18.9. The molecule has 0 spiro atoms. The summed E-state index contributed by atoms with van der Waals surface area (Å²) in [5, 5.41) is 5.80. The molecule has 0 bridgehead atoms. The van der Waals surface area contributed by atoms with Crippen molar-refractivity contribution >= 4 is 29.4 Å². The van der Waals surface area contributed by atoms with Crippen molar-refractivity contribution < 1.29 is 9.59 Å². The number of hydrogen-bond donors (Lipinski definition) is 2. The molecule has 2 N–H and O–H groups in total. The lowest BCUT2D eigenvalue weighted by Gasteiger charge is -2.16. The summed E-state index contributed by atoms with van der Waals surface area (Å²) in [6.07, 6.45) is 1.47. The molecule has 3 aromatic rings. The number of rotatable bonds is 5. The highest BCUT2D eigenvalue weighted by molar-refractivity contribution is 6.30. The lowest BCUT2D eigenvalue weighted by molar-refractivity contribution is 0.0966. The standard InChI is InChI=1S/C25H26ClN3O2/c1-5-17-14-21(27-20(6-2)23(17)18-10-12-19(26)13-11-18)28-25(31)29-24(30)22-15(3)8-7-9-16(22)4/h7-14H,5-6H2,1-4H3,(H2,27,28,29,30,31). The van der Waals surface area contributed by atoms with Crippen LogP contribution in [0.5, 0.6) is 0 Å². The molecular weight excluding hydrogens is 410 g/mol. The van der Waals surface area contributed by atoms with Gasteiger partial charge in [-0.05, 0) is 67.1 Å². The number of urea groups is 1. The van der Waals surface area contributed by atoms with Crippen LogP contribution in [0.1, 0.15) is 46.6 Å². The number of halogens is 1. The van der Waals surface area contributed by atoms with E-state index in [1.54, 1.807) is 0 Å². The zero-order valence-electron chi connectivity index (χ0n) is 18.2. The summed E-state index contributed by atoms with van der Waals surface area (Å²) in [5.74, 6) is -0.0180. The minimum Gasteiger partial charge on any atom is -0.292 e. The number of amides is 3. The van der Waals surface area contributed by atoms with Crippen molar-refractivity contribution in [2.75, 3.05) is 5.32 Å². The van der Waals surface area contributed by atoms with Gasteiger partial charge in [0.15, 0.2) is 0 Å². The summed E-state index contributed by atoms with van der Waals surface area (Å²) in [6, 6.07) is 14.5. The SMILES string of the molecule is CCc1cc(NC(=O)NC(=O)c2c(C)cccc2C)nc(CC)c1-c1ccc(Cl)cc1. The third kappa shape index (κ3) is 5.12. The minimum absolute atomic E-state index is 0.415. The van der Waals surface area contributed by atoms with Crippen LogP contribution in [0.2, 0.25) is 5.02 Å². The van der Waals surface area contributed by atoms with Gasteiger partial charge in [0.05, 0.1) is 5.69 Å². The van der Waals surface area contributed by atoms with Gasteiger partial charge in [0.2, 0.25) is 0 Å². The molecule has 0 saturated carbocycles. The molecular formula is C25H26ClN3O2. The Morgan fingerprint density at radius 3 is 2.19 bits per heavy atom. The molecule has 0 aliphatic carbocycles. The Labute approximate surface area is 187 Å². The van der Waals surface area contributed by atoms with E-state index in [0.29, 0.717) is 22.8 Å². The molecule has 2 aromatic carbocycles. The fourth-order valence-corrected chi connectivity index (χ4v) is 3.84. The van der Waals surface area contributed by atoms with Gasteiger partial charge < -0.3 is 0 Å². The molecule has 5 nitrogen and oxygen atoms in total. The Kier molecular flexibility index (Phi) is 7.08. The van der Waals surface area contributed by atoms with Crippen molar-refractivity contribution in [2.45, 2.75) is 40.5 Å². The number of aromatic nitrogens is 1. The molecule has 1 aromatic heterocycles. The number of imide groups is 1. The fourth-order valence-electron chi connectivity index (χ4n) is 3.71. The van der Waals surface area contributed by atoms with Crippen LogP contribution >= 0.6 is 11.6 Å². The maximum Gasteiger partial charge on any atom is 0.327 e. The van der Waals surface area contributed by atoms with Crippen molar-refractivity contribution in [1.29, 1.82) is 0 Å². The van der Waals surface area contributed by atoms with E-state index in [4.69, 9.17) is 11.6 Å². The van der Waals surface area contributed by atoms with Crippen LogP contribution in [0.15, 0.2) is 48.5 Å². The second-order valence-electron chi connectivity index (χ2n) is 7.38. The lowest BCUT2D eigenvalue weighted by Crippen LogP contribution is -2.35. The minimum atomic E-state index is -0.608. The number of anilines is 1. The number of pyridine rings is 1. The Balaban J connectivity index is 1.85. The third-order valence-electron chi connectivity index (χ3n) is 5.20. The first-order valence-electron chi connectivity index (χ1n) is 10.3. The van der Waals surface area contributed by atoms with E-state index >= 15 is 0 Å². The van der Waals surface area contributed by atoms with E-state index in [0.717, 1.165) is 39.9 Å². The lowest BCUT2D eigenvalue weighted by atomic mass is 9.95. The molecule has 3 amide bonds. The van der Waals surface area contributed by atoms with Crippen LogP contribution in [0.3, 0.4) is 0 Å². The summed E-state index contributed by atoms with van der Waals surface area (Å²) in [5.41, 5.74) is 6.16. The fraction of sp³-hybridized carbons (Fsp3) is 0.240. The number of aryl methyl sites for hydroxylation is 4. The van der Waals surface area contributed by atoms with Crippen LogP contribution < -0.4 is 10.6 Å². The Hall–Kier alpha value is -3.18. The van der Waals surface area contributed by atoms with Gasteiger partial charge in [0.25, 0.3) is 5.91 Å². The van der Waals surface area contributed by atoms with Gasteiger partial charge in [-0.3, -0.25) is 15.4 Å². The van der Waals surface area contributed by atoms with Crippen molar-refractivity contribution in [3.8, 4) is 11.1 Å². The van der Waals surface area contributed by atoms with Gasteiger partial charge in [-0.2, -0.15) is 0 Å². The van der Waals surface area contributed by atoms with Crippen molar-refractivity contribution in [3.05, 3.63) is 81.5 Å². The maximum atomic E-state index is 12.6. The average molecular weight is 436 g/mol. The first-order valence-corrected chi connectivity index (χ1v) is 10.7. The van der Waals surface area contributed by atoms with Crippen molar-refractivity contribution in [2.24, 2.45) is 0 Å². The molecule has 0 aliphatic heterocycles. The molecule has 6 heteroatoms. The van der Waals surface area contributed by atoms with E-state index < -0.39 is 11.9 Å². The zero-order chi connectivity index (χ0) is 22.5. The van der Waals surface area contributed by atoms with Crippen LogP contribution in [-0.2, 0) is 12.8 Å². The van der Waals surface area contributed by atoms with E-state index in [-0.39, 0.29) is 0 Å². The number of nitrogens with zero attached hydrogens (tertiary/aromatic N) is 1. The molecule has 0 fully saturated rings. The quantitative estimate of drug-likeness (QED) is 0.508. The van der Waals surface area contributed by atoms with Crippen LogP contribution in [-0.4, -0.2) is 16.9 Å². The average Bonchev–Trinajstić information content (AvgIpc) is 2.73. The van der Waals surface area contributed by atoms with Gasteiger partial charge in [0, 0.05) is 16.1 Å². The molecule has 31 heavy (non-hydrogen) atoms. The van der Waals surface area contributed by atoms with Gasteiger partial charge >= 0.3 is 6.03 Å². The Morgan fingerprint density at radius 2 is 1.61 bits per heavy atom. The normalized spacial score (nSPS) is 10.6. The predicted molar refractivity (Wildman–Crippen MR) is 126 cm³/mol. The Bertz CT molecular complexity index is 1080. The first kappa shape index (κ1) is 22.5. The van der Waals surface area contributed by atoms with E-state index in [1.807, 2.05) is 69.3 Å². The van der Waals surface area contributed by atoms with Gasteiger partial charge in [0.1, 0.15) is 5.82 Å². The number of nitrogens with one attached hydrogen (secondary N) is 2. The number of hydrogen-bond acceptors (Lipinski definition) is 3. The predicted octanol–water partition coefficient (Wildman–Crippen LogP) is 6.11. The summed E-state index contributed by atoms with van der Waals surface area (Å²) in [7, 11) is 0. The topological polar surface area (TPSA) is 71.1 Å². The first-order chi connectivity index (χ1) is 14.8. The molecule has 3 rings (SSSR count). The number of carbonyl (C=O) groups is 2. The highest BCUT2D eigenvalue weighted by Gasteiger charge is 2.17. The van der Waals surface area contributed by atoms with Crippen LogP contribution in [0, 0.1) is 13.8 Å². The molecule has 0 saturated heterocycles. The number of benzene rings is 2. The van der Waals surface area contributed by atoms with Gasteiger partial charge in [-0.15, -0.1) is 0 Å². The summed E-state index contributed by atoms with van der Waals surface area (Å²) < 4.78 is 0. The van der Waals surface area contributed by atoms with Crippen LogP contribution in [0.4, 0.5) is 10.6 Å². The molecule has 160 valence electrons. The summed E-state index contributed by atoms with van der Waals surface area (Å²) in [6.45, 7) is 7.77. The molecule has 0 radical (unpaired) electrons. The third-order valence-corrected chi connectivity index (χ3v) is 5.45. The van der Waals surface area contributed by atoms with E-state index in [2.05, 4.69) is 22.5 Å². The van der Waals surface area contributed by atoms with Crippen LogP contribution in [0.25, 0.3) is 11.1 Å². The second kappa shape index (κ2) is 9.75. The van der Waals surface area contributed by atoms with Gasteiger partial charge in [-0.1, -0.05) is 55.8 Å². The van der Waals surface area contributed by atoms with E-state index in [1.165, 1.54) is 0 Å². The molecule has 0 aliphatic rings. The monoisotopic (exact) mass is 435 g/mol.